The van der Waals surface area contributed by atoms with E-state index in [1.165, 1.54) is 16.9 Å². The Morgan fingerprint density at radius 3 is 2.00 bits per heavy atom. The van der Waals surface area contributed by atoms with E-state index in [4.69, 9.17) is 0 Å². The van der Waals surface area contributed by atoms with E-state index < -0.39 is 0 Å². The van der Waals surface area contributed by atoms with Crippen molar-refractivity contribution in [3.05, 3.63) is 29.3 Å². The summed E-state index contributed by atoms with van der Waals surface area (Å²) in [5.41, 5.74) is 3.11. The maximum atomic E-state index is 13.0. The first-order chi connectivity index (χ1) is 10.6. The van der Waals surface area contributed by atoms with Crippen LogP contribution >= 0.6 is 0 Å². The standard InChI is InChI=1S/C19H21NO2/c1-9-3-4-11(7-10(9)2)20-18(21)16-12-5-6-13(15-8-14(12)15)17(16)19(20)22/h3-4,7,12-17H,5-6,8H2,1-2H3/t12-,13+,14-,15+,16-,17+. The fraction of sp³-hybridized carbons (Fsp3) is 0.579. The van der Waals surface area contributed by atoms with Crippen LogP contribution in [0.1, 0.15) is 30.4 Å². The second-order valence-corrected chi connectivity index (χ2v) is 7.80. The number of fused-ring (bicyclic) bond motifs is 1. The van der Waals surface area contributed by atoms with E-state index in [9.17, 15) is 9.59 Å². The number of anilines is 1. The van der Waals surface area contributed by atoms with Gasteiger partial charge in [-0.2, -0.15) is 0 Å². The van der Waals surface area contributed by atoms with Crippen LogP contribution in [0.15, 0.2) is 18.2 Å². The number of hydrogen-bond acceptors (Lipinski definition) is 2. The molecule has 1 saturated heterocycles. The normalized spacial score (nSPS) is 41.6. The van der Waals surface area contributed by atoms with Gasteiger partial charge in [0.05, 0.1) is 17.5 Å². The second kappa shape index (κ2) is 4.01. The molecule has 6 atom stereocenters. The van der Waals surface area contributed by atoms with Gasteiger partial charge in [-0.15, -0.1) is 0 Å². The largest absolute Gasteiger partial charge is 0.274 e. The van der Waals surface area contributed by atoms with Crippen molar-refractivity contribution in [1.29, 1.82) is 0 Å². The number of carbonyl (C=O) groups is 2. The molecule has 1 aromatic rings. The number of nitrogens with zero attached hydrogens (tertiary/aromatic N) is 1. The zero-order valence-electron chi connectivity index (χ0n) is 13.1. The van der Waals surface area contributed by atoms with Crippen LogP contribution in [0.3, 0.4) is 0 Å². The molecule has 22 heavy (non-hydrogen) atoms. The van der Waals surface area contributed by atoms with E-state index in [1.807, 2.05) is 25.1 Å². The van der Waals surface area contributed by atoms with Crippen LogP contribution in [0.4, 0.5) is 5.69 Å². The number of benzene rings is 1. The molecule has 0 N–H and O–H groups in total. The predicted molar refractivity (Wildman–Crippen MR) is 83.2 cm³/mol. The molecule has 3 nitrogen and oxygen atoms in total. The number of carbonyl (C=O) groups excluding carboxylic acids is 2. The molecule has 2 amide bonds. The molecule has 114 valence electrons. The molecule has 2 bridgehead atoms. The lowest BCUT2D eigenvalue weighted by molar-refractivity contribution is -0.129. The van der Waals surface area contributed by atoms with Gasteiger partial charge in [0.1, 0.15) is 0 Å². The van der Waals surface area contributed by atoms with Gasteiger partial charge in [-0.25, -0.2) is 0 Å². The lowest BCUT2D eigenvalue weighted by Crippen LogP contribution is -2.43. The monoisotopic (exact) mass is 295 g/mol. The Hall–Kier alpha value is -1.64. The Morgan fingerprint density at radius 1 is 0.864 bits per heavy atom. The van der Waals surface area contributed by atoms with Crippen molar-refractivity contribution in [3.8, 4) is 0 Å². The first-order valence-corrected chi connectivity index (χ1v) is 8.53. The van der Waals surface area contributed by atoms with Gasteiger partial charge in [0.25, 0.3) is 0 Å². The van der Waals surface area contributed by atoms with Crippen molar-refractivity contribution in [2.45, 2.75) is 33.1 Å². The van der Waals surface area contributed by atoms with Crippen molar-refractivity contribution in [1.82, 2.24) is 0 Å². The van der Waals surface area contributed by atoms with Crippen LogP contribution in [0.5, 0.6) is 0 Å². The highest BCUT2D eigenvalue weighted by molar-refractivity contribution is 6.22. The fourth-order valence-corrected chi connectivity index (χ4v) is 5.66. The van der Waals surface area contributed by atoms with E-state index in [0.29, 0.717) is 11.8 Å². The number of imide groups is 1. The third kappa shape index (κ3) is 1.42. The zero-order chi connectivity index (χ0) is 15.2. The zero-order valence-corrected chi connectivity index (χ0v) is 13.1. The van der Waals surface area contributed by atoms with Crippen LogP contribution in [0.2, 0.25) is 0 Å². The van der Waals surface area contributed by atoms with Gasteiger partial charge in [-0.3, -0.25) is 14.5 Å². The van der Waals surface area contributed by atoms with E-state index in [-0.39, 0.29) is 23.7 Å². The first kappa shape index (κ1) is 12.9. The third-order valence-corrected chi connectivity index (χ3v) is 6.89. The molecule has 0 spiro atoms. The molecule has 1 aliphatic heterocycles. The maximum absolute atomic E-state index is 13.0. The van der Waals surface area contributed by atoms with Crippen molar-refractivity contribution in [2.75, 3.05) is 4.90 Å². The quantitative estimate of drug-likeness (QED) is 0.747. The summed E-state index contributed by atoms with van der Waals surface area (Å²) in [6.45, 7) is 4.09. The predicted octanol–water partition coefficient (Wildman–Crippen LogP) is 3.08. The number of aryl methyl sites for hydroxylation is 2. The van der Waals surface area contributed by atoms with Crippen LogP contribution in [0.25, 0.3) is 0 Å². The molecule has 5 fully saturated rings. The number of rotatable bonds is 1. The molecule has 4 saturated carbocycles. The van der Waals surface area contributed by atoms with Crippen molar-refractivity contribution >= 4 is 17.5 Å². The molecule has 1 heterocycles. The summed E-state index contributed by atoms with van der Waals surface area (Å²) in [6.07, 6.45) is 3.59. The molecule has 0 unspecified atom stereocenters. The Kier molecular flexibility index (Phi) is 2.34. The topological polar surface area (TPSA) is 37.4 Å². The summed E-state index contributed by atoms with van der Waals surface area (Å²) in [7, 11) is 0. The summed E-state index contributed by atoms with van der Waals surface area (Å²) in [5.74, 6) is 2.58. The van der Waals surface area contributed by atoms with Crippen LogP contribution < -0.4 is 4.90 Å². The van der Waals surface area contributed by atoms with E-state index in [2.05, 4.69) is 6.92 Å². The Bertz CT molecular complexity index is 675. The molecule has 4 aliphatic carbocycles. The van der Waals surface area contributed by atoms with Crippen LogP contribution in [0, 0.1) is 49.4 Å². The fourth-order valence-electron chi connectivity index (χ4n) is 5.66. The van der Waals surface area contributed by atoms with Gasteiger partial charge in [-0.1, -0.05) is 6.07 Å². The highest BCUT2D eigenvalue weighted by atomic mass is 16.2. The Labute approximate surface area is 130 Å². The lowest BCUT2D eigenvalue weighted by atomic mass is 9.59. The highest BCUT2D eigenvalue weighted by Gasteiger charge is 2.68. The summed E-state index contributed by atoms with van der Waals surface area (Å²) >= 11 is 0. The van der Waals surface area contributed by atoms with E-state index >= 15 is 0 Å². The van der Waals surface area contributed by atoms with Crippen LogP contribution in [-0.2, 0) is 9.59 Å². The Morgan fingerprint density at radius 2 is 1.45 bits per heavy atom. The van der Waals surface area contributed by atoms with Crippen molar-refractivity contribution in [2.24, 2.45) is 35.5 Å². The first-order valence-electron chi connectivity index (χ1n) is 8.53. The van der Waals surface area contributed by atoms with Crippen molar-refractivity contribution in [3.63, 3.8) is 0 Å². The van der Waals surface area contributed by atoms with Gasteiger partial charge in [0.15, 0.2) is 0 Å². The van der Waals surface area contributed by atoms with E-state index in [0.717, 1.165) is 35.9 Å². The average Bonchev–Trinajstić information content (AvgIpc) is 3.28. The molecule has 3 heteroatoms. The minimum Gasteiger partial charge on any atom is -0.274 e. The molecule has 1 aromatic carbocycles. The number of hydrogen-bond donors (Lipinski definition) is 0. The van der Waals surface area contributed by atoms with Gasteiger partial charge in [-0.05, 0) is 80.0 Å². The van der Waals surface area contributed by atoms with Gasteiger partial charge >= 0.3 is 0 Å². The highest BCUT2D eigenvalue weighted by Crippen LogP contribution is 2.68. The van der Waals surface area contributed by atoms with E-state index in [1.54, 1.807) is 0 Å². The van der Waals surface area contributed by atoms with Gasteiger partial charge in [0.2, 0.25) is 11.8 Å². The minimum atomic E-state index is -0.0170. The van der Waals surface area contributed by atoms with Gasteiger partial charge < -0.3 is 0 Å². The lowest BCUT2D eigenvalue weighted by Gasteiger charge is -2.42. The SMILES string of the molecule is Cc1ccc(N2C(=O)[C@@H]3[C@@H]4CC[C@@H]([C@@H]5C[C@@H]54)[C@@H]3C2=O)cc1C. The smallest absolute Gasteiger partial charge is 0.237 e. The second-order valence-electron chi connectivity index (χ2n) is 7.80. The minimum absolute atomic E-state index is 0.0170. The molecular weight excluding hydrogens is 274 g/mol. The molecule has 5 aliphatic rings. The Balaban J connectivity index is 1.57. The summed E-state index contributed by atoms with van der Waals surface area (Å²) in [5, 5.41) is 0. The number of amides is 2. The molecular formula is C19H21NO2. The third-order valence-electron chi connectivity index (χ3n) is 6.89. The average molecular weight is 295 g/mol. The summed E-state index contributed by atoms with van der Waals surface area (Å²) in [4.78, 5) is 27.5. The molecule has 0 aromatic heterocycles. The van der Waals surface area contributed by atoms with Gasteiger partial charge in [0, 0.05) is 0 Å². The summed E-state index contributed by atoms with van der Waals surface area (Å²) < 4.78 is 0. The van der Waals surface area contributed by atoms with Crippen LogP contribution in [-0.4, -0.2) is 11.8 Å². The maximum Gasteiger partial charge on any atom is 0.237 e. The molecule has 0 radical (unpaired) electrons. The van der Waals surface area contributed by atoms with Crippen molar-refractivity contribution < 1.29 is 9.59 Å². The summed E-state index contributed by atoms with van der Waals surface area (Å²) in [6, 6.07) is 5.93. The molecule has 6 rings (SSSR count).